The van der Waals surface area contributed by atoms with E-state index in [1.165, 1.54) is 12.3 Å². The number of aromatic nitrogens is 1. The summed E-state index contributed by atoms with van der Waals surface area (Å²) in [6, 6.07) is 13.4. The molecule has 0 aliphatic carbocycles. The molecule has 1 aliphatic heterocycles. The maximum Gasteiger partial charge on any atom is 0.290 e. The molecule has 0 unspecified atom stereocenters. The summed E-state index contributed by atoms with van der Waals surface area (Å²) < 4.78 is 45.3. The maximum atomic E-state index is 14.2. The van der Waals surface area contributed by atoms with E-state index in [0.29, 0.717) is 34.2 Å². The SMILES string of the molecule is CNCC(=O)N=[S@](C)(=O)c1cccc(NC(=O)c2c(N3CCCC(F)(F)CC3)ncc(-c3ccc(Cl)cc3)c2C)c1.O=CO. The van der Waals surface area contributed by atoms with Gasteiger partial charge in [0.05, 0.1) is 21.8 Å². The summed E-state index contributed by atoms with van der Waals surface area (Å²) in [5, 5.41) is 13.0. The highest BCUT2D eigenvalue weighted by molar-refractivity contribution is 7.93. The highest BCUT2D eigenvalue weighted by Gasteiger charge is 2.33. The van der Waals surface area contributed by atoms with E-state index >= 15 is 0 Å². The van der Waals surface area contributed by atoms with Crippen molar-refractivity contribution in [1.29, 1.82) is 0 Å². The van der Waals surface area contributed by atoms with E-state index in [2.05, 4.69) is 20.0 Å². The van der Waals surface area contributed by atoms with Gasteiger partial charge in [-0.2, -0.15) is 4.36 Å². The Morgan fingerprint density at radius 1 is 1.18 bits per heavy atom. The third-order valence-corrected chi connectivity index (χ3v) is 8.78. The van der Waals surface area contributed by atoms with Gasteiger partial charge >= 0.3 is 0 Å². The Labute approximate surface area is 260 Å². The molecule has 236 valence electrons. The maximum absolute atomic E-state index is 14.2. The van der Waals surface area contributed by atoms with Gasteiger partial charge in [0.2, 0.25) is 5.92 Å². The van der Waals surface area contributed by atoms with E-state index in [1.54, 1.807) is 55.4 Å². The fourth-order valence-electron chi connectivity index (χ4n) is 4.73. The van der Waals surface area contributed by atoms with Gasteiger partial charge in [-0.25, -0.2) is 18.0 Å². The molecule has 1 aromatic heterocycles. The van der Waals surface area contributed by atoms with Crippen LogP contribution in [0, 0.1) is 6.92 Å². The monoisotopic (exact) mass is 649 g/mol. The second-order valence-corrected chi connectivity index (χ2v) is 12.8. The minimum atomic E-state index is -3.07. The van der Waals surface area contributed by atoms with Crippen molar-refractivity contribution in [2.75, 3.05) is 43.2 Å². The van der Waals surface area contributed by atoms with Crippen LogP contribution in [-0.2, 0) is 19.3 Å². The summed E-state index contributed by atoms with van der Waals surface area (Å²) in [4.78, 5) is 40.8. The van der Waals surface area contributed by atoms with Gasteiger partial charge in [-0.3, -0.25) is 14.4 Å². The minimum Gasteiger partial charge on any atom is -0.483 e. The molecule has 2 aromatic carbocycles. The zero-order chi connectivity index (χ0) is 32.5. The molecule has 2 heterocycles. The smallest absolute Gasteiger partial charge is 0.290 e. The number of alkyl halides is 2. The number of nitrogens with one attached hydrogen (secondary N) is 2. The molecular formula is C30H34ClF2N5O5S. The van der Waals surface area contributed by atoms with Crippen molar-refractivity contribution >= 4 is 51.1 Å². The summed E-state index contributed by atoms with van der Waals surface area (Å²) in [6.45, 7) is 1.87. The quantitative estimate of drug-likeness (QED) is 0.285. The molecule has 3 N–H and O–H groups in total. The van der Waals surface area contributed by atoms with Gasteiger partial charge in [0, 0.05) is 59.6 Å². The summed E-state index contributed by atoms with van der Waals surface area (Å²) in [6.07, 6.45) is 2.70. The average molecular weight is 650 g/mol. The Morgan fingerprint density at radius 3 is 2.52 bits per heavy atom. The fraction of sp³-hybridized carbons (Fsp3) is 0.333. The number of carbonyl (C=O) groups excluding carboxylic acids is 2. The molecule has 3 aromatic rings. The number of amides is 2. The fourth-order valence-corrected chi connectivity index (χ4v) is 6.09. The van der Waals surface area contributed by atoms with Crippen molar-refractivity contribution in [2.45, 2.75) is 37.0 Å². The lowest BCUT2D eigenvalue weighted by molar-refractivity contribution is -0.123. The highest BCUT2D eigenvalue weighted by Crippen LogP contribution is 2.35. The lowest BCUT2D eigenvalue weighted by Crippen LogP contribution is -2.30. The van der Waals surface area contributed by atoms with E-state index < -0.39 is 27.5 Å². The first-order chi connectivity index (χ1) is 20.8. The number of nitrogens with zero attached hydrogens (tertiary/aromatic N) is 3. The number of halogens is 3. The van der Waals surface area contributed by atoms with Crippen LogP contribution >= 0.6 is 11.6 Å². The first kappa shape index (κ1) is 34.5. The third-order valence-electron chi connectivity index (χ3n) is 6.85. The topological polar surface area (TPSA) is 141 Å². The van der Waals surface area contributed by atoms with Gasteiger partial charge in [-0.1, -0.05) is 29.8 Å². The van der Waals surface area contributed by atoms with E-state index in [1.807, 2.05) is 12.1 Å². The molecule has 10 nitrogen and oxygen atoms in total. The van der Waals surface area contributed by atoms with Gasteiger partial charge in [0.1, 0.15) is 5.82 Å². The van der Waals surface area contributed by atoms with Crippen LogP contribution < -0.4 is 15.5 Å². The number of carbonyl (C=O) groups is 3. The molecular weight excluding hydrogens is 616 g/mol. The second-order valence-electron chi connectivity index (χ2n) is 10.1. The van der Waals surface area contributed by atoms with Crippen molar-refractivity contribution in [1.82, 2.24) is 10.3 Å². The van der Waals surface area contributed by atoms with E-state index in [4.69, 9.17) is 21.5 Å². The largest absolute Gasteiger partial charge is 0.483 e. The second kappa shape index (κ2) is 15.2. The first-order valence-electron chi connectivity index (χ1n) is 13.6. The molecule has 0 bridgehead atoms. The Bertz CT molecular complexity index is 1630. The highest BCUT2D eigenvalue weighted by atomic mass is 35.5. The van der Waals surface area contributed by atoms with Crippen LogP contribution in [0.4, 0.5) is 20.3 Å². The van der Waals surface area contributed by atoms with Crippen molar-refractivity contribution < 1.29 is 32.5 Å². The summed E-state index contributed by atoms with van der Waals surface area (Å²) in [5.74, 6) is -3.51. The van der Waals surface area contributed by atoms with Crippen LogP contribution in [0.2, 0.25) is 5.02 Å². The van der Waals surface area contributed by atoms with Gasteiger partial charge < -0.3 is 20.6 Å². The molecule has 1 fully saturated rings. The van der Waals surface area contributed by atoms with Crippen molar-refractivity contribution in [3.63, 3.8) is 0 Å². The first-order valence-corrected chi connectivity index (χ1v) is 15.9. The number of hydrogen-bond acceptors (Lipinski definition) is 7. The third kappa shape index (κ3) is 9.04. The minimum absolute atomic E-state index is 0.0511. The number of benzene rings is 2. The number of anilines is 2. The molecule has 4 rings (SSSR count). The van der Waals surface area contributed by atoms with Crippen LogP contribution in [0.5, 0.6) is 0 Å². The predicted molar refractivity (Wildman–Crippen MR) is 167 cm³/mol. The number of rotatable bonds is 7. The number of likely N-dealkylation sites (N-methyl/N-ethyl adjacent to an activating group) is 1. The van der Waals surface area contributed by atoms with Crippen LogP contribution in [0.25, 0.3) is 11.1 Å². The summed E-state index contributed by atoms with van der Waals surface area (Å²) >= 11 is 6.07. The van der Waals surface area contributed by atoms with E-state index in [9.17, 15) is 22.6 Å². The lowest BCUT2D eigenvalue weighted by Gasteiger charge is -2.26. The number of carboxylic acid groups (broad SMARTS) is 1. The molecule has 1 atom stereocenters. The molecule has 1 aliphatic rings. The van der Waals surface area contributed by atoms with Crippen LogP contribution in [0.3, 0.4) is 0 Å². The number of hydrogen-bond donors (Lipinski definition) is 3. The molecule has 0 spiro atoms. The summed E-state index contributed by atoms with van der Waals surface area (Å²) in [7, 11) is -1.48. The zero-order valence-electron chi connectivity index (χ0n) is 24.5. The predicted octanol–water partition coefficient (Wildman–Crippen LogP) is 5.49. The van der Waals surface area contributed by atoms with Crippen LogP contribution in [-0.4, -0.2) is 71.4 Å². The zero-order valence-corrected chi connectivity index (χ0v) is 26.1. The van der Waals surface area contributed by atoms with Crippen LogP contribution in [0.15, 0.2) is 64.0 Å². The Hall–Kier alpha value is -3.94. The Kier molecular flexibility index (Phi) is 11.9. The normalized spacial score (nSPS) is 15.5. The van der Waals surface area contributed by atoms with Crippen molar-refractivity contribution in [3.05, 3.63) is 70.9 Å². The molecule has 0 saturated carbocycles. The standard InChI is InChI=1S/C29H32ClF2N5O3S.CH2O2/c1-19-24(20-8-10-21(30)11-9-20)17-34-27(37-14-5-12-29(31,32)13-15-37)26(19)28(39)35-22-6-4-7-23(16-22)41(3,40)36-25(38)18-33-2;2-1-3/h4,6-11,16-17,33H,5,12-15,18H2,1-3H3,(H,35,39);1H,(H,2,3)/t41-;/m1./s1. The summed E-state index contributed by atoms with van der Waals surface area (Å²) in [5.41, 5.74) is 2.70. The molecule has 2 amide bonds. The molecule has 14 heteroatoms. The number of pyridine rings is 1. The van der Waals surface area contributed by atoms with Crippen molar-refractivity contribution in [3.8, 4) is 11.1 Å². The van der Waals surface area contributed by atoms with E-state index in [-0.39, 0.29) is 49.3 Å². The molecule has 0 radical (unpaired) electrons. The van der Waals surface area contributed by atoms with Crippen LogP contribution in [0.1, 0.15) is 35.2 Å². The Balaban J connectivity index is 0.00000169. The van der Waals surface area contributed by atoms with Crippen molar-refractivity contribution in [2.24, 2.45) is 4.36 Å². The van der Waals surface area contributed by atoms with E-state index in [0.717, 1.165) is 5.56 Å². The molecule has 44 heavy (non-hydrogen) atoms. The molecule has 1 saturated heterocycles. The van der Waals surface area contributed by atoms with Gasteiger partial charge in [0.25, 0.3) is 18.3 Å². The lowest BCUT2D eigenvalue weighted by atomic mass is 9.97. The van der Waals surface area contributed by atoms with Gasteiger partial charge in [-0.05, 0) is 61.9 Å². The van der Waals surface area contributed by atoms with Gasteiger partial charge in [0.15, 0.2) is 0 Å². The van der Waals surface area contributed by atoms with Gasteiger partial charge in [-0.15, -0.1) is 0 Å². The Morgan fingerprint density at radius 2 is 1.86 bits per heavy atom. The average Bonchev–Trinajstić information content (AvgIpc) is 3.14.